The Balaban J connectivity index is 0.000000806. The minimum atomic E-state index is -4.36. The Labute approximate surface area is 177 Å². The highest BCUT2D eigenvalue weighted by Crippen LogP contribution is 2.33. The summed E-state index contributed by atoms with van der Waals surface area (Å²) in [7, 11) is 1.74. The van der Waals surface area contributed by atoms with E-state index < -0.39 is 11.7 Å². The van der Waals surface area contributed by atoms with E-state index in [2.05, 4.69) is 28.7 Å². The van der Waals surface area contributed by atoms with Crippen molar-refractivity contribution < 1.29 is 13.2 Å². The third-order valence-electron chi connectivity index (χ3n) is 4.39. The van der Waals surface area contributed by atoms with Crippen molar-refractivity contribution >= 4 is 18.3 Å². The fourth-order valence-electron chi connectivity index (χ4n) is 2.96. The molecule has 4 nitrogen and oxygen atoms in total. The standard InChI is InChI=1S/C21H12F3N3.CH5NS/c22-21(23,24)18-7-5-16(6-8-18)19-13-26-27-10-9-17(11-20(19)27)15-3-1-14(12-25)2-4-15;1-2-3/h1-11,13H;2-3H,1H3. The van der Waals surface area contributed by atoms with Crippen LogP contribution in [0.1, 0.15) is 11.1 Å². The minimum absolute atomic E-state index is 0.578. The summed E-state index contributed by atoms with van der Waals surface area (Å²) in [5, 5.41) is 13.2. The molecule has 4 rings (SSSR count). The first-order valence-electron chi connectivity index (χ1n) is 8.83. The van der Waals surface area contributed by atoms with Gasteiger partial charge in [0.1, 0.15) is 0 Å². The van der Waals surface area contributed by atoms with Crippen LogP contribution in [0, 0.1) is 11.3 Å². The van der Waals surface area contributed by atoms with E-state index in [0.717, 1.165) is 34.3 Å². The Kier molecular flexibility index (Phi) is 6.45. The van der Waals surface area contributed by atoms with Crippen molar-refractivity contribution in [3.63, 3.8) is 0 Å². The van der Waals surface area contributed by atoms with Crippen LogP contribution in [0.2, 0.25) is 0 Å². The number of hydrogen-bond donors (Lipinski definition) is 2. The quantitative estimate of drug-likeness (QED) is 0.410. The number of fused-ring (bicyclic) bond motifs is 1. The molecule has 0 amide bonds. The first kappa shape index (κ1) is 21.4. The molecule has 2 heterocycles. The number of halogens is 3. The molecule has 0 atom stereocenters. The van der Waals surface area contributed by atoms with Crippen molar-refractivity contribution in [3.8, 4) is 28.3 Å². The van der Waals surface area contributed by atoms with Gasteiger partial charge in [-0.25, -0.2) is 4.52 Å². The molecule has 1 N–H and O–H groups in total. The van der Waals surface area contributed by atoms with E-state index in [1.165, 1.54) is 12.1 Å². The summed E-state index contributed by atoms with van der Waals surface area (Å²) < 4.78 is 42.4. The second kappa shape index (κ2) is 9.03. The second-order valence-corrected chi connectivity index (χ2v) is 6.74. The van der Waals surface area contributed by atoms with Gasteiger partial charge in [0.15, 0.2) is 0 Å². The first-order valence-corrected chi connectivity index (χ1v) is 9.28. The van der Waals surface area contributed by atoms with Crippen LogP contribution in [0.25, 0.3) is 27.8 Å². The SMILES string of the molecule is CNS.N#Cc1ccc(-c2ccn3ncc(-c4ccc(C(F)(F)F)cc4)c3c2)cc1. The maximum Gasteiger partial charge on any atom is 0.416 e. The van der Waals surface area contributed by atoms with Crippen molar-refractivity contribution in [1.82, 2.24) is 14.3 Å². The Morgan fingerprint density at radius 1 is 0.967 bits per heavy atom. The molecule has 0 spiro atoms. The fourth-order valence-corrected chi connectivity index (χ4v) is 2.96. The topological polar surface area (TPSA) is 53.1 Å². The van der Waals surface area contributed by atoms with E-state index in [1.54, 1.807) is 36.1 Å². The first-order chi connectivity index (χ1) is 14.4. The van der Waals surface area contributed by atoms with E-state index in [-0.39, 0.29) is 0 Å². The number of thiol groups is 1. The molecule has 30 heavy (non-hydrogen) atoms. The number of pyridine rings is 1. The van der Waals surface area contributed by atoms with Gasteiger partial charge < -0.3 is 0 Å². The van der Waals surface area contributed by atoms with Gasteiger partial charge in [0.25, 0.3) is 0 Å². The summed E-state index contributed by atoms with van der Waals surface area (Å²) in [4.78, 5) is 0. The van der Waals surface area contributed by atoms with Crippen molar-refractivity contribution in [1.29, 1.82) is 5.26 Å². The lowest BCUT2D eigenvalue weighted by Crippen LogP contribution is -2.03. The largest absolute Gasteiger partial charge is 0.416 e. The Hall–Kier alpha value is -3.28. The second-order valence-electron chi connectivity index (χ2n) is 6.29. The van der Waals surface area contributed by atoms with Crippen molar-refractivity contribution in [3.05, 3.63) is 84.2 Å². The molecule has 0 saturated heterocycles. The van der Waals surface area contributed by atoms with Crippen molar-refractivity contribution in [2.45, 2.75) is 6.18 Å². The van der Waals surface area contributed by atoms with Gasteiger partial charge in [0.05, 0.1) is 28.9 Å². The zero-order valence-electron chi connectivity index (χ0n) is 15.9. The summed E-state index contributed by atoms with van der Waals surface area (Å²) in [5.74, 6) is 0. The predicted molar refractivity (Wildman–Crippen MR) is 114 cm³/mol. The summed E-state index contributed by atoms with van der Waals surface area (Å²) in [6, 6.07) is 18.2. The molecule has 0 unspecified atom stereocenters. The van der Waals surface area contributed by atoms with Crippen LogP contribution < -0.4 is 4.72 Å². The smallest absolute Gasteiger partial charge is 0.270 e. The number of nitriles is 1. The average Bonchev–Trinajstić information content (AvgIpc) is 3.17. The third kappa shape index (κ3) is 4.64. The maximum atomic E-state index is 12.8. The van der Waals surface area contributed by atoms with Crippen LogP contribution in [-0.2, 0) is 6.18 Å². The molecule has 152 valence electrons. The highest BCUT2D eigenvalue weighted by Gasteiger charge is 2.30. The summed E-state index contributed by atoms with van der Waals surface area (Å²) in [5.41, 5.74) is 3.97. The molecule has 2 aromatic heterocycles. The van der Waals surface area contributed by atoms with E-state index in [9.17, 15) is 13.2 Å². The van der Waals surface area contributed by atoms with Gasteiger partial charge in [-0.1, -0.05) is 37.1 Å². The number of nitrogens with one attached hydrogen (secondary N) is 1. The van der Waals surface area contributed by atoms with Gasteiger partial charge in [-0.2, -0.15) is 23.5 Å². The molecule has 0 aliphatic rings. The molecule has 8 heteroatoms. The molecule has 0 fully saturated rings. The van der Waals surface area contributed by atoms with Crippen LogP contribution in [0.4, 0.5) is 13.2 Å². The van der Waals surface area contributed by atoms with Crippen LogP contribution in [0.5, 0.6) is 0 Å². The monoisotopic (exact) mass is 426 g/mol. The molecule has 0 bridgehead atoms. The van der Waals surface area contributed by atoms with Gasteiger partial charge >= 0.3 is 6.18 Å². The van der Waals surface area contributed by atoms with Gasteiger partial charge in [-0.3, -0.25) is 4.72 Å². The molecular formula is C22H17F3N4S. The third-order valence-corrected chi connectivity index (χ3v) is 4.39. The van der Waals surface area contributed by atoms with E-state index in [1.807, 2.05) is 24.3 Å². The molecule has 0 aliphatic heterocycles. The summed E-state index contributed by atoms with van der Waals surface area (Å²) in [6.07, 6.45) is -0.917. The molecule has 4 aromatic rings. The lowest BCUT2D eigenvalue weighted by Gasteiger charge is -2.08. The van der Waals surface area contributed by atoms with Crippen LogP contribution >= 0.6 is 12.8 Å². The Morgan fingerprint density at radius 3 is 2.13 bits per heavy atom. The molecule has 2 aromatic carbocycles. The van der Waals surface area contributed by atoms with E-state index in [0.29, 0.717) is 11.1 Å². The van der Waals surface area contributed by atoms with E-state index >= 15 is 0 Å². The molecule has 0 aliphatic carbocycles. The van der Waals surface area contributed by atoms with Gasteiger partial charge in [0.2, 0.25) is 0 Å². The minimum Gasteiger partial charge on any atom is -0.270 e. The zero-order valence-corrected chi connectivity index (χ0v) is 16.7. The zero-order chi connectivity index (χ0) is 21.7. The van der Waals surface area contributed by atoms with Crippen molar-refractivity contribution in [2.75, 3.05) is 7.05 Å². The molecule has 0 saturated carbocycles. The summed E-state index contributed by atoms with van der Waals surface area (Å²) >= 11 is 3.54. The van der Waals surface area contributed by atoms with Gasteiger partial charge in [-0.05, 0) is 60.1 Å². The van der Waals surface area contributed by atoms with Crippen LogP contribution in [-0.4, -0.2) is 16.7 Å². The molecular weight excluding hydrogens is 409 g/mol. The van der Waals surface area contributed by atoms with Gasteiger partial charge in [0, 0.05) is 11.8 Å². The Morgan fingerprint density at radius 2 is 1.57 bits per heavy atom. The lowest BCUT2D eigenvalue weighted by molar-refractivity contribution is -0.137. The fraction of sp³-hybridized carbons (Fsp3) is 0.0909. The predicted octanol–water partition coefficient (Wildman–Crippen LogP) is 5.61. The number of benzene rings is 2. The lowest BCUT2D eigenvalue weighted by atomic mass is 10.0. The summed E-state index contributed by atoms with van der Waals surface area (Å²) in [6.45, 7) is 0. The van der Waals surface area contributed by atoms with E-state index in [4.69, 9.17) is 5.26 Å². The highest BCUT2D eigenvalue weighted by molar-refractivity contribution is 7.78. The van der Waals surface area contributed by atoms with Crippen LogP contribution in [0.15, 0.2) is 73.1 Å². The Bertz CT molecular complexity index is 1170. The number of rotatable bonds is 2. The molecule has 0 radical (unpaired) electrons. The normalized spacial score (nSPS) is 10.9. The number of nitrogens with zero attached hydrogens (tertiary/aromatic N) is 3. The van der Waals surface area contributed by atoms with Crippen LogP contribution in [0.3, 0.4) is 0 Å². The highest BCUT2D eigenvalue weighted by atomic mass is 32.1. The van der Waals surface area contributed by atoms with Crippen molar-refractivity contribution in [2.24, 2.45) is 0 Å². The number of aromatic nitrogens is 2. The van der Waals surface area contributed by atoms with Gasteiger partial charge in [-0.15, -0.1) is 0 Å². The number of alkyl halides is 3. The number of hydrogen-bond acceptors (Lipinski definition) is 4. The average molecular weight is 426 g/mol. The maximum absolute atomic E-state index is 12.8.